The molecule has 196 valence electrons. The smallest absolute Gasteiger partial charge is 0.264 e. The average molecular weight is 524 g/mol. The maximum absolute atomic E-state index is 13.6. The summed E-state index contributed by atoms with van der Waals surface area (Å²) in [5, 5.41) is 2.89. The molecule has 0 aromatic heterocycles. The minimum Gasteiger partial charge on any atom is -0.493 e. The summed E-state index contributed by atoms with van der Waals surface area (Å²) in [6.45, 7) is 3.75. The molecular weight excluding hydrogens is 490 g/mol. The molecule has 1 amide bonds. The minimum atomic E-state index is -4.02. The van der Waals surface area contributed by atoms with Gasteiger partial charge in [-0.25, -0.2) is 8.42 Å². The van der Waals surface area contributed by atoms with E-state index in [9.17, 15) is 13.2 Å². The SMILES string of the molecule is COc1ccc(N(CC(=O)NCCCN2CCc3ccccc32)S(=O)(=O)c2ccc(C)cc2)cc1OC. The number of anilines is 2. The average Bonchev–Trinajstić information content (AvgIpc) is 3.32. The van der Waals surface area contributed by atoms with Crippen LogP contribution in [0.5, 0.6) is 11.5 Å². The van der Waals surface area contributed by atoms with Crippen molar-refractivity contribution in [2.45, 2.75) is 24.7 Å². The number of rotatable bonds is 11. The molecule has 4 rings (SSSR count). The minimum absolute atomic E-state index is 0.105. The number of hydrogen-bond acceptors (Lipinski definition) is 6. The van der Waals surface area contributed by atoms with E-state index in [0.29, 0.717) is 23.7 Å². The molecule has 9 heteroatoms. The molecule has 1 aliphatic rings. The van der Waals surface area contributed by atoms with E-state index < -0.39 is 10.0 Å². The molecule has 0 fully saturated rings. The van der Waals surface area contributed by atoms with Gasteiger partial charge in [0.25, 0.3) is 10.0 Å². The van der Waals surface area contributed by atoms with Crippen LogP contribution in [0, 0.1) is 6.92 Å². The molecule has 0 aliphatic carbocycles. The van der Waals surface area contributed by atoms with Gasteiger partial charge in [-0.05, 0) is 55.7 Å². The second kappa shape index (κ2) is 11.6. The van der Waals surface area contributed by atoms with Gasteiger partial charge in [-0.1, -0.05) is 35.9 Å². The highest BCUT2D eigenvalue weighted by atomic mass is 32.2. The van der Waals surface area contributed by atoms with Gasteiger partial charge in [-0.15, -0.1) is 0 Å². The van der Waals surface area contributed by atoms with E-state index in [0.717, 1.165) is 35.8 Å². The lowest BCUT2D eigenvalue weighted by molar-refractivity contribution is -0.119. The Hall–Kier alpha value is -3.72. The summed E-state index contributed by atoms with van der Waals surface area (Å²) in [5.74, 6) is 0.453. The van der Waals surface area contributed by atoms with Gasteiger partial charge >= 0.3 is 0 Å². The Morgan fingerprint density at radius 2 is 1.73 bits per heavy atom. The number of fused-ring (bicyclic) bond motifs is 1. The Morgan fingerprint density at radius 1 is 1.00 bits per heavy atom. The Balaban J connectivity index is 1.47. The van der Waals surface area contributed by atoms with Crippen LogP contribution < -0.4 is 24.0 Å². The summed E-state index contributed by atoms with van der Waals surface area (Å²) in [4.78, 5) is 15.4. The number of amides is 1. The van der Waals surface area contributed by atoms with E-state index in [4.69, 9.17) is 9.47 Å². The van der Waals surface area contributed by atoms with Crippen molar-refractivity contribution in [3.05, 3.63) is 77.9 Å². The number of hydrogen-bond donors (Lipinski definition) is 1. The van der Waals surface area contributed by atoms with Crippen LogP contribution in [0.25, 0.3) is 0 Å². The highest BCUT2D eigenvalue weighted by molar-refractivity contribution is 7.92. The first-order valence-electron chi connectivity index (χ1n) is 12.2. The molecule has 0 saturated heterocycles. The third kappa shape index (κ3) is 5.99. The van der Waals surface area contributed by atoms with Gasteiger partial charge in [0.2, 0.25) is 5.91 Å². The van der Waals surface area contributed by atoms with Crippen LogP contribution in [0.2, 0.25) is 0 Å². The second-order valence-corrected chi connectivity index (χ2v) is 10.8. The first-order valence-corrected chi connectivity index (χ1v) is 13.7. The predicted molar refractivity (Wildman–Crippen MR) is 145 cm³/mol. The fraction of sp³-hybridized carbons (Fsp3) is 0.321. The maximum atomic E-state index is 13.6. The normalized spacial score (nSPS) is 12.7. The third-order valence-electron chi connectivity index (χ3n) is 6.46. The molecule has 1 aliphatic heterocycles. The fourth-order valence-electron chi connectivity index (χ4n) is 4.46. The van der Waals surface area contributed by atoms with Crippen LogP contribution in [0.3, 0.4) is 0 Å². The number of nitrogens with one attached hydrogen (secondary N) is 1. The molecule has 3 aromatic carbocycles. The molecule has 0 saturated carbocycles. The number of nitrogens with zero attached hydrogens (tertiary/aromatic N) is 2. The molecule has 37 heavy (non-hydrogen) atoms. The molecule has 3 aromatic rings. The number of para-hydroxylation sites is 1. The van der Waals surface area contributed by atoms with Crippen LogP contribution in [-0.2, 0) is 21.2 Å². The lowest BCUT2D eigenvalue weighted by Gasteiger charge is -2.25. The first kappa shape index (κ1) is 26.3. The van der Waals surface area contributed by atoms with Crippen molar-refractivity contribution in [1.29, 1.82) is 0 Å². The maximum Gasteiger partial charge on any atom is 0.264 e. The topological polar surface area (TPSA) is 88.2 Å². The largest absolute Gasteiger partial charge is 0.493 e. The van der Waals surface area contributed by atoms with Crippen molar-refractivity contribution in [1.82, 2.24) is 5.32 Å². The van der Waals surface area contributed by atoms with Crippen molar-refractivity contribution in [2.75, 3.05) is 49.6 Å². The third-order valence-corrected chi connectivity index (χ3v) is 8.25. The second-order valence-electron chi connectivity index (χ2n) is 8.93. The highest BCUT2D eigenvalue weighted by Gasteiger charge is 2.28. The van der Waals surface area contributed by atoms with Crippen molar-refractivity contribution >= 4 is 27.3 Å². The summed E-state index contributed by atoms with van der Waals surface area (Å²) in [6.07, 6.45) is 1.78. The number of benzene rings is 3. The lowest BCUT2D eigenvalue weighted by Crippen LogP contribution is -2.41. The molecule has 0 bridgehead atoms. The van der Waals surface area contributed by atoms with Crippen molar-refractivity contribution in [3.8, 4) is 11.5 Å². The molecule has 1 N–H and O–H groups in total. The van der Waals surface area contributed by atoms with E-state index in [1.165, 1.54) is 25.5 Å². The Morgan fingerprint density at radius 3 is 2.46 bits per heavy atom. The van der Waals surface area contributed by atoms with Crippen LogP contribution in [0.1, 0.15) is 17.5 Å². The molecule has 0 atom stereocenters. The van der Waals surface area contributed by atoms with Crippen molar-refractivity contribution < 1.29 is 22.7 Å². The predicted octanol–water partition coefficient (Wildman–Crippen LogP) is 3.78. The van der Waals surface area contributed by atoms with Gasteiger partial charge in [-0.2, -0.15) is 0 Å². The van der Waals surface area contributed by atoms with Crippen LogP contribution in [0.4, 0.5) is 11.4 Å². The highest BCUT2D eigenvalue weighted by Crippen LogP contribution is 2.34. The Kier molecular flexibility index (Phi) is 8.23. The summed E-state index contributed by atoms with van der Waals surface area (Å²) in [5.41, 5.74) is 3.84. The number of carbonyl (C=O) groups is 1. The summed E-state index contributed by atoms with van der Waals surface area (Å²) >= 11 is 0. The molecule has 0 spiro atoms. The van der Waals surface area contributed by atoms with Gasteiger partial charge < -0.3 is 19.7 Å². The Labute approximate surface area is 218 Å². The lowest BCUT2D eigenvalue weighted by atomic mass is 10.2. The quantitative estimate of drug-likeness (QED) is 0.385. The first-order chi connectivity index (χ1) is 17.8. The molecular formula is C28H33N3O5S. The molecule has 0 unspecified atom stereocenters. The van der Waals surface area contributed by atoms with E-state index >= 15 is 0 Å². The van der Waals surface area contributed by atoms with Gasteiger partial charge in [0.15, 0.2) is 11.5 Å². The Bertz CT molecular complexity index is 1340. The van der Waals surface area contributed by atoms with Gasteiger partial charge in [0.1, 0.15) is 6.54 Å². The van der Waals surface area contributed by atoms with Crippen molar-refractivity contribution in [3.63, 3.8) is 0 Å². The van der Waals surface area contributed by atoms with E-state index in [-0.39, 0.29) is 17.3 Å². The van der Waals surface area contributed by atoms with Gasteiger partial charge in [0.05, 0.1) is 24.8 Å². The zero-order chi connectivity index (χ0) is 26.4. The number of carbonyl (C=O) groups excluding carboxylic acids is 1. The van der Waals surface area contributed by atoms with Crippen LogP contribution >= 0.6 is 0 Å². The molecule has 0 radical (unpaired) electrons. The number of methoxy groups -OCH3 is 2. The van der Waals surface area contributed by atoms with Gasteiger partial charge in [0, 0.05) is 31.4 Å². The standard InChI is InChI=1S/C28H33N3O5S/c1-21-9-12-24(13-10-21)37(33,34)31(23-11-14-26(35-2)27(19-23)36-3)20-28(32)29-16-6-17-30-18-15-22-7-4-5-8-25(22)30/h4-5,7-14,19H,6,15-18,20H2,1-3H3,(H,29,32). The van der Waals surface area contributed by atoms with Crippen LogP contribution in [0.15, 0.2) is 71.6 Å². The number of sulfonamides is 1. The fourth-order valence-corrected chi connectivity index (χ4v) is 5.87. The summed E-state index contributed by atoms with van der Waals surface area (Å²) in [7, 11) is -1.04. The summed E-state index contributed by atoms with van der Waals surface area (Å²) < 4.78 is 39.0. The van der Waals surface area contributed by atoms with E-state index in [2.05, 4.69) is 28.4 Å². The molecule has 8 nitrogen and oxygen atoms in total. The number of aryl methyl sites for hydroxylation is 1. The van der Waals surface area contributed by atoms with E-state index in [1.54, 1.807) is 42.5 Å². The number of ether oxygens (including phenoxy) is 2. The van der Waals surface area contributed by atoms with Gasteiger partial charge in [-0.3, -0.25) is 9.10 Å². The zero-order valence-corrected chi connectivity index (χ0v) is 22.3. The van der Waals surface area contributed by atoms with E-state index in [1.807, 2.05) is 13.0 Å². The zero-order valence-electron chi connectivity index (χ0n) is 21.4. The van der Waals surface area contributed by atoms with Crippen LogP contribution in [-0.4, -0.2) is 54.7 Å². The molecule has 1 heterocycles. The summed E-state index contributed by atoms with van der Waals surface area (Å²) in [6, 6.07) is 19.7. The monoisotopic (exact) mass is 523 g/mol. The van der Waals surface area contributed by atoms with Crippen molar-refractivity contribution in [2.24, 2.45) is 0 Å².